The van der Waals surface area contributed by atoms with Gasteiger partial charge in [-0.3, -0.25) is 9.80 Å². The van der Waals surface area contributed by atoms with Crippen LogP contribution in [0.25, 0.3) is 0 Å². The van der Waals surface area contributed by atoms with E-state index in [1.807, 2.05) is 0 Å². The lowest BCUT2D eigenvalue weighted by Gasteiger charge is -2.54. The van der Waals surface area contributed by atoms with Gasteiger partial charge in [-0.2, -0.15) is 0 Å². The standard InChI is InChI=1S/C19H30N2/c1-4-19(2,3)21-14-17-12-8-9-13-20(17)15-18(21)16-10-6-5-7-11-16/h5-7,10-11,17-18H,4,8-9,12-15H2,1-3H3. The molecule has 0 radical (unpaired) electrons. The minimum Gasteiger partial charge on any atom is -0.297 e. The predicted molar refractivity (Wildman–Crippen MR) is 89.5 cm³/mol. The average molecular weight is 286 g/mol. The van der Waals surface area contributed by atoms with E-state index in [0.29, 0.717) is 6.04 Å². The summed E-state index contributed by atoms with van der Waals surface area (Å²) >= 11 is 0. The molecular weight excluding hydrogens is 256 g/mol. The molecule has 0 saturated carbocycles. The molecule has 0 bridgehead atoms. The Morgan fingerprint density at radius 1 is 1.10 bits per heavy atom. The van der Waals surface area contributed by atoms with Crippen LogP contribution in [0.4, 0.5) is 0 Å². The van der Waals surface area contributed by atoms with Crippen molar-refractivity contribution in [1.29, 1.82) is 0 Å². The van der Waals surface area contributed by atoms with Crippen LogP contribution < -0.4 is 0 Å². The van der Waals surface area contributed by atoms with Crippen LogP contribution in [-0.2, 0) is 0 Å². The molecule has 2 nitrogen and oxygen atoms in total. The lowest BCUT2D eigenvalue weighted by Crippen LogP contribution is -2.61. The van der Waals surface area contributed by atoms with Crippen molar-refractivity contribution in [3.8, 4) is 0 Å². The van der Waals surface area contributed by atoms with Gasteiger partial charge in [0.2, 0.25) is 0 Å². The number of hydrogen-bond donors (Lipinski definition) is 0. The van der Waals surface area contributed by atoms with E-state index in [1.165, 1.54) is 50.9 Å². The van der Waals surface area contributed by atoms with Crippen molar-refractivity contribution in [2.24, 2.45) is 0 Å². The highest BCUT2D eigenvalue weighted by atomic mass is 15.3. The summed E-state index contributed by atoms with van der Waals surface area (Å²) < 4.78 is 0. The smallest absolute Gasteiger partial charge is 0.0481 e. The molecule has 0 amide bonds. The van der Waals surface area contributed by atoms with Crippen LogP contribution in [0.5, 0.6) is 0 Å². The van der Waals surface area contributed by atoms with Gasteiger partial charge in [0.15, 0.2) is 0 Å². The van der Waals surface area contributed by atoms with Gasteiger partial charge in [-0.1, -0.05) is 43.7 Å². The third-order valence-corrected chi connectivity index (χ3v) is 5.77. The highest BCUT2D eigenvalue weighted by Gasteiger charge is 2.40. The Kier molecular flexibility index (Phi) is 4.37. The van der Waals surface area contributed by atoms with Crippen LogP contribution in [0.1, 0.15) is 58.1 Å². The first-order valence-electron chi connectivity index (χ1n) is 8.67. The Labute approximate surface area is 130 Å². The van der Waals surface area contributed by atoms with Gasteiger partial charge in [-0.25, -0.2) is 0 Å². The van der Waals surface area contributed by atoms with Gasteiger partial charge in [-0.05, 0) is 45.2 Å². The first-order chi connectivity index (χ1) is 10.1. The lowest BCUT2D eigenvalue weighted by atomic mass is 9.88. The molecule has 2 aliphatic heterocycles. The van der Waals surface area contributed by atoms with Crippen molar-refractivity contribution in [2.75, 3.05) is 19.6 Å². The molecule has 0 N–H and O–H groups in total. The Hall–Kier alpha value is -0.860. The van der Waals surface area contributed by atoms with Crippen molar-refractivity contribution in [3.05, 3.63) is 35.9 Å². The summed E-state index contributed by atoms with van der Waals surface area (Å²) in [5, 5.41) is 0. The number of rotatable bonds is 3. The van der Waals surface area contributed by atoms with E-state index < -0.39 is 0 Å². The number of hydrogen-bond acceptors (Lipinski definition) is 2. The molecule has 0 aliphatic carbocycles. The fourth-order valence-electron chi connectivity index (χ4n) is 4.01. The molecule has 2 aliphatic rings. The van der Waals surface area contributed by atoms with E-state index in [2.05, 4.69) is 60.9 Å². The van der Waals surface area contributed by atoms with Crippen LogP contribution in [0.3, 0.4) is 0 Å². The Morgan fingerprint density at radius 2 is 1.86 bits per heavy atom. The summed E-state index contributed by atoms with van der Waals surface area (Å²) in [5.74, 6) is 0. The maximum Gasteiger partial charge on any atom is 0.0481 e. The summed E-state index contributed by atoms with van der Waals surface area (Å²) in [4.78, 5) is 5.54. The second-order valence-corrected chi connectivity index (χ2v) is 7.39. The molecule has 2 fully saturated rings. The Bertz CT molecular complexity index is 454. The van der Waals surface area contributed by atoms with Gasteiger partial charge in [0.1, 0.15) is 0 Å². The highest BCUT2D eigenvalue weighted by Crippen LogP contribution is 2.37. The van der Waals surface area contributed by atoms with Gasteiger partial charge in [0.25, 0.3) is 0 Å². The molecule has 2 heteroatoms. The van der Waals surface area contributed by atoms with Gasteiger partial charge in [-0.15, -0.1) is 0 Å². The van der Waals surface area contributed by atoms with Crippen molar-refractivity contribution in [2.45, 2.75) is 64.1 Å². The summed E-state index contributed by atoms with van der Waals surface area (Å²) in [5.41, 5.74) is 1.77. The summed E-state index contributed by atoms with van der Waals surface area (Å²) in [7, 11) is 0. The quantitative estimate of drug-likeness (QED) is 0.826. The van der Waals surface area contributed by atoms with E-state index >= 15 is 0 Å². The van der Waals surface area contributed by atoms with Gasteiger partial charge < -0.3 is 0 Å². The average Bonchev–Trinajstić information content (AvgIpc) is 2.54. The number of piperazine rings is 1. The van der Waals surface area contributed by atoms with Crippen LogP contribution in [-0.4, -0.2) is 41.0 Å². The predicted octanol–water partition coefficient (Wildman–Crippen LogP) is 4.09. The van der Waals surface area contributed by atoms with Crippen LogP contribution in [0.2, 0.25) is 0 Å². The van der Waals surface area contributed by atoms with E-state index in [9.17, 15) is 0 Å². The van der Waals surface area contributed by atoms with Crippen LogP contribution in [0, 0.1) is 0 Å². The largest absolute Gasteiger partial charge is 0.297 e. The van der Waals surface area contributed by atoms with Crippen molar-refractivity contribution in [1.82, 2.24) is 9.80 Å². The molecular formula is C19H30N2. The summed E-state index contributed by atoms with van der Waals surface area (Å²) in [6, 6.07) is 12.5. The molecule has 116 valence electrons. The van der Waals surface area contributed by atoms with Crippen LogP contribution in [0.15, 0.2) is 30.3 Å². The van der Waals surface area contributed by atoms with E-state index in [-0.39, 0.29) is 5.54 Å². The zero-order valence-corrected chi connectivity index (χ0v) is 13.9. The number of piperidine rings is 1. The maximum atomic E-state index is 2.79. The van der Waals surface area contributed by atoms with E-state index in [1.54, 1.807) is 0 Å². The SMILES string of the molecule is CCC(C)(C)N1CC2CCCCN2CC1c1ccccc1. The Morgan fingerprint density at radius 3 is 2.57 bits per heavy atom. The minimum absolute atomic E-state index is 0.282. The first-order valence-corrected chi connectivity index (χ1v) is 8.67. The van der Waals surface area contributed by atoms with E-state index in [0.717, 1.165) is 6.04 Å². The Balaban J connectivity index is 1.89. The van der Waals surface area contributed by atoms with Crippen molar-refractivity contribution >= 4 is 0 Å². The van der Waals surface area contributed by atoms with Gasteiger partial charge >= 0.3 is 0 Å². The lowest BCUT2D eigenvalue weighted by molar-refractivity contribution is -0.0445. The molecule has 3 rings (SSSR count). The second-order valence-electron chi connectivity index (χ2n) is 7.39. The van der Waals surface area contributed by atoms with E-state index in [4.69, 9.17) is 0 Å². The van der Waals surface area contributed by atoms with Crippen LogP contribution >= 0.6 is 0 Å². The number of nitrogens with zero attached hydrogens (tertiary/aromatic N) is 2. The third-order valence-electron chi connectivity index (χ3n) is 5.77. The molecule has 2 saturated heterocycles. The number of benzene rings is 1. The molecule has 0 spiro atoms. The fourth-order valence-corrected chi connectivity index (χ4v) is 4.01. The van der Waals surface area contributed by atoms with Gasteiger partial charge in [0.05, 0.1) is 0 Å². The number of fused-ring (bicyclic) bond motifs is 1. The minimum atomic E-state index is 0.282. The maximum absolute atomic E-state index is 2.79. The third kappa shape index (κ3) is 3.02. The highest BCUT2D eigenvalue weighted by molar-refractivity contribution is 5.21. The molecule has 0 aromatic heterocycles. The zero-order chi connectivity index (χ0) is 14.9. The fraction of sp³-hybridized carbons (Fsp3) is 0.684. The topological polar surface area (TPSA) is 6.48 Å². The first kappa shape index (κ1) is 15.1. The molecule has 1 aromatic carbocycles. The second kappa shape index (κ2) is 6.10. The monoisotopic (exact) mass is 286 g/mol. The summed E-state index contributed by atoms with van der Waals surface area (Å²) in [6.45, 7) is 10.9. The van der Waals surface area contributed by atoms with Crippen molar-refractivity contribution in [3.63, 3.8) is 0 Å². The van der Waals surface area contributed by atoms with Crippen molar-refractivity contribution < 1.29 is 0 Å². The molecule has 2 heterocycles. The molecule has 2 unspecified atom stereocenters. The molecule has 2 atom stereocenters. The van der Waals surface area contributed by atoms with Gasteiger partial charge in [0, 0.05) is 30.7 Å². The molecule has 21 heavy (non-hydrogen) atoms. The molecule has 1 aromatic rings. The zero-order valence-electron chi connectivity index (χ0n) is 13.9. The summed E-state index contributed by atoms with van der Waals surface area (Å²) in [6.07, 6.45) is 5.40. The normalized spacial score (nSPS) is 28.3.